The van der Waals surface area contributed by atoms with Gasteiger partial charge in [-0.25, -0.2) is 0 Å². The summed E-state index contributed by atoms with van der Waals surface area (Å²) in [4.78, 5) is 9.90. The van der Waals surface area contributed by atoms with Crippen molar-refractivity contribution < 1.29 is 24.6 Å². The molecule has 0 aliphatic heterocycles. The standard InChI is InChI=1S/C14H16O2.C10H14N2O4/c1-3-14(15)12-5-4-11-9-13(16-2)7-6-10(11)8-12;11-7-9(13)5-6-16-10-3-1-8(2-4-10)12(14)15/h4-9,14-15H,3H2,1-2H3;1-4,9,13H,5-7,11H2. The zero-order valence-corrected chi connectivity index (χ0v) is 18.3. The largest absolute Gasteiger partial charge is 0.497 e. The van der Waals surface area contributed by atoms with Gasteiger partial charge < -0.3 is 25.4 Å². The highest BCUT2D eigenvalue weighted by atomic mass is 16.6. The van der Waals surface area contributed by atoms with Crippen LogP contribution in [-0.2, 0) is 0 Å². The van der Waals surface area contributed by atoms with Crippen molar-refractivity contribution in [2.75, 3.05) is 20.3 Å². The van der Waals surface area contributed by atoms with Gasteiger partial charge in [0.2, 0.25) is 0 Å². The quantitative estimate of drug-likeness (QED) is 0.338. The highest BCUT2D eigenvalue weighted by molar-refractivity contribution is 5.84. The minimum Gasteiger partial charge on any atom is -0.497 e. The number of aliphatic hydroxyl groups is 2. The van der Waals surface area contributed by atoms with E-state index in [1.807, 2.05) is 43.3 Å². The second kappa shape index (κ2) is 12.6. The summed E-state index contributed by atoms with van der Waals surface area (Å²) < 4.78 is 10.4. The third-order valence-corrected chi connectivity index (χ3v) is 4.88. The predicted molar refractivity (Wildman–Crippen MR) is 124 cm³/mol. The summed E-state index contributed by atoms with van der Waals surface area (Å²) in [7, 11) is 1.66. The lowest BCUT2D eigenvalue weighted by atomic mass is 10.0. The van der Waals surface area contributed by atoms with Crippen molar-refractivity contribution in [2.45, 2.75) is 32.0 Å². The molecule has 3 aromatic rings. The van der Waals surface area contributed by atoms with E-state index in [4.69, 9.17) is 20.3 Å². The summed E-state index contributed by atoms with van der Waals surface area (Å²) in [6, 6.07) is 17.7. The molecule has 0 fully saturated rings. The van der Waals surface area contributed by atoms with E-state index in [0.717, 1.165) is 28.5 Å². The maximum absolute atomic E-state index is 10.4. The fourth-order valence-electron chi connectivity index (χ4n) is 2.91. The van der Waals surface area contributed by atoms with Crippen molar-refractivity contribution in [3.63, 3.8) is 0 Å². The van der Waals surface area contributed by atoms with Crippen LogP contribution in [0.1, 0.15) is 31.4 Å². The van der Waals surface area contributed by atoms with Gasteiger partial charge in [-0.2, -0.15) is 0 Å². The lowest BCUT2D eigenvalue weighted by molar-refractivity contribution is -0.384. The average Bonchev–Trinajstić information content (AvgIpc) is 2.83. The van der Waals surface area contributed by atoms with Crippen LogP contribution in [0.5, 0.6) is 11.5 Å². The third kappa shape index (κ3) is 7.49. The summed E-state index contributed by atoms with van der Waals surface area (Å²) in [6.45, 7) is 2.50. The molecule has 0 aliphatic carbocycles. The highest BCUT2D eigenvalue weighted by Crippen LogP contribution is 2.25. The molecule has 0 aromatic heterocycles. The first-order valence-corrected chi connectivity index (χ1v) is 10.4. The molecule has 0 aliphatic rings. The first kappa shape index (κ1) is 25.1. The van der Waals surface area contributed by atoms with Crippen molar-refractivity contribution in [1.82, 2.24) is 0 Å². The van der Waals surface area contributed by atoms with Gasteiger partial charge in [-0.3, -0.25) is 10.1 Å². The Labute approximate surface area is 187 Å². The molecule has 172 valence electrons. The van der Waals surface area contributed by atoms with Gasteiger partial charge in [-0.15, -0.1) is 0 Å². The van der Waals surface area contributed by atoms with E-state index in [9.17, 15) is 15.2 Å². The molecule has 32 heavy (non-hydrogen) atoms. The number of ether oxygens (including phenoxy) is 2. The Hall–Kier alpha value is -3.20. The Bertz CT molecular complexity index is 993. The molecule has 3 rings (SSSR count). The minimum atomic E-state index is -0.571. The van der Waals surface area contributed by atoms with E-state index < -0.39 is 11.0 Å². The Morgan fingerprint density at radius 3 is 2.22 bits per heavy atom. The maximum atomic E-state index is 10.4. The van der Waals surface area contributed by atoms with Crippen LogP contribution >= 0.6 is 0 Å². The molecule has 3 aromatic carbocycles. The highest BCUT2D eigenvalue weighted by Gasteiger charge is 2.06. The SMILES string of the molecule is CCC(O)c1ccc2cc(OC)ccc2c1.NCC(O)CCOc1ccc([N+](=O)[O-])cc1. The van der Waals surface area contributed by atoms with Gasteiger partial charge in [-0.05, 0) is 53.1 Å². The lowest BCUT2D eigenvalue weighted by Crippen LogP contribution is -2.21. The number of nitro benzene ring substituents is 1. The molecule has 2 unspecified atom stereocenters. The van der Waals surface area contributed by atoms with E-state index in [1.165, 1.54) is 24.3 Å². The molecule has 0 heterocycles. The van der Waals surface area contributed by atoms with Crippen LogP contribution < -0.4 is 15.2 Å². The van der Waals surface area contributed by atoms with Crippen LogP contribution in [-0.4, -0.2) is 41.5 Å². The second-order valence-electron chi connectivity index (χ2n) is 7.17. The van der Waals surface area contributed by atoms with E-state index >= 15 is 0 Å². The number of nitro groups is 1. The number of rotatable bonds is 9. The Morgan fingerprint density at radius 2 is 1.62 bits per heavy atom. The average molecular weight is 443 g/mol. The Kier molecular flexibility index (Phi) is 9.87. The summed E-state index contributed by atoms with van der Waals surface area (Å²) in [5.74, 6) is 1.39. The molecule has 4 N–H and O–H groups in total. The first-order valence-electron chi connectivity index (χ1n) is 10.4. The number of methoxy groups -OCH3 is 1. The van der Waals surface area contributed by atoms with Crippen molar-refractivity contribution >= 4 is 16.5 Å². The number of fused-ring (bicyclic) bond motifs is 1. The van der Waals surface area contributed by atoms with Gasteiger partial charge in [0.05, 0.1) is 30.8 Å². The topological polar surface area (TPSA) is 128 Å². The number of benzene rings is 3. The molecule has 0 spiro atoms. The van der Waals surface area contributed by atoms with Crippen LogP contribution in [0.15, 0.2) is 60.7 Å². The van der Waals surface area contributed by atoms with Crippen molar-refractivity contribution in [2.24, 2.45) is 5.73 Å². The molecule has 8 heteroatoms. The summed E-state index contributed by atoms with van der Waals surface area (Å²) >= 11 is 0. The molecule has 0 saturated heterocycles. The van der Waals surface area contributed by atoms with Crippen LogP contribution in [0.3, 0.4) is 0 Å². The summed E-state index contributed by atoms with van der Waals surface area (Å²) in [6.07, 6.45) is 0.236. The van der Waals surface area contributed by atoms with E-state index in [2.05, 4.69) is 0 Å². The summed E-state index contributed by atoms with van der Waals surface area (Å²) in [5, 5.41) is 31.6. The molecule has 0 amide bonds. The number of hydrogen-bond acceptors (Lipinski definition) is 7. The minimum absolute atomic E-state index is 0.0225. The van der Waals surface area contributed by atoms with E-state index in [-0.39, 0.29) is 18.3 Å². The smallest absolute Gasteiger partial charge is 0.269 e. The number of aliphatic hydroxyl groups excluding tert-OH is 2. The van der Waals surface area contributed by atoms with Gasteiger partial charge in [0.15, 0.2) is 0 Å². The number of hydrogen-bond donors (Lipinski definition) is 3. The van der Waals surface area contributed by atoms with E-state index in [0.29, 0.717) is 18.8 Å². The third-order valence-electron chi connectivity index (χ3n) is 4.88. The van der Waals surface area contributed by atoms with Gasteiger partial charge in [0, 0.05) is 25.1 Å². The Balaban J connectivity index is 0.000000227. The number of nitrogens with two attached hydrogens (primary N) is 1. The summed E-state index contributed by atoms with van der Waals surface area (Å²) in [5.41, 5.74) is 6.22. The van der Waals surface area contributed by atoms with Gasteiger partial charge in [-0.1, -0.05) is 25.1 Å². The Morgan fingerprint density at radius 1 is 1.00 bits per heavy atom. The van der Waals surface area contributed by atoms with Gasteiger partial charge in [0.1, 0.15) is 11.5 Å². The predicted octanol–water partition coefficient (Wildman–Crippen LogP) is 3.98. The maximum Gasteiger partial charge on any atom is 0.269 e. The molecule has 0 radical (unpaired) electrons. The lowest BCUT2D eigenvalue weighted by Gasteiger charge is -2.09. The van der Waals surface area contributed by atoms with Crippen LogP contribution in [0, 0.1) is 10.1 Å². The molecular weight excluding hydrogens is 412 g/mol. The zero-order chi connectivity index (χ0) is 23.5. The fraction of sp³-hybridized carbons (Fsp3) is 0.333. The van der Waals surface area contributed by atoms with Gasteiger partial charge in [0.25, 0.3) is 5.69 Å². The second-order valence-corrected chi connectivity index (χ2v) is 7.17. The van der Waals surface area contributed by atoms with Crippen LogP contribution in [0.25, 0.3) is 10.8 Å². The monoisotopic (exact) mass is 442 g/mol. The van der Waals surface area contributed by atoms with Crippen LogP contribution in [0.4, 0.5) is 5.69 Å². The fourth-order valence-corrected chi connectivity index (χ4v) is 2.91. The number of nitrogens with zero attached hydrogens (tertiary/aromatic N) is 1. The van der Waals surface area contributed by atoms with Crippen LogP contribution in [0.2, 0.25) is 0 Å². The first-order chi connectivity index (χ1) is 15.4. The number of non-ortho nitro benzene ring substituents is 1. The molecule has 0 bridgehead atoms. The van der Waals surface area contributed by atoms with E-state index in [1.54, 1.807) is 7.11 Å². The molecule has 0 saturated carbocycles. The molecule has 8 nitrogen and oxygen atoms in total. The molecular formula is C24H30N2O6. The zero-order valence-electron chi connectivity index (χ0n) is 18.3. The van der Waals surface area contributed by atoms with Crippen molar-refractivity contribution in [3.8, 4) is 11.5 Å². The van der Waals surface area contributed by atoms with Crippen molar-refractivity contribution in [1.29, 1.82) is 0 Å². The van der Waals surface area contributed by atoms with Crippen molar-refractivity contribution in [3.05, 3.63) is 76.3 Å². The molecule has 2 atom stereocenters. The van der Waals surface area contributed by atoms with Gasteiger partial charge >= 0.3 is 0 Å². The normalized spacial score (nSPS) is 12.4.